The third-order valence-electron chi connectivity index (χ3n) is 4.53. The summed E-state index contributed by atoms with van der Waals surface area (Å²) in [7, 11) is 7.07. The van der Waals surface area contributed by atoms with Crippen LogP contribution in [0.2, 0.25) is 0 Å². The van der Waals surface area contributed by atoms with Crippen LogP contribution >= 0.6 is 15.9 Å². The van der Waals surface area contributed by atoms with Gasteiger partial charge in [-0.05, 0) is 28.1 Å². The van der Waals surface area contributed by atoms with Crippen molar-refractivity contribution in [1.82, 2.24) is 0 Å². The van der Waals surface area contributed by atoms with E-state index in [1.807, 2.05) is 43.3 Å². The predicted molar refractivity (Wildman–Crippen MR) is 107 cm³/mol. The van der Waals surface area contributed by atoms with Gasteiger partial charge < -0.3 is 24.8 Å². The number of fused-ring (bicyclic) bond motifs is 1. The van der Waals surface area contributed by atoms with E-state index in [9.17, 15) is 5.26 Å². The molecule has 7 heteroatoms. The van der Waals surface area contributed by atoms with E-state index in [2.05, 4.69) is 22.0 Å². The molecule has 27 heavy (non-hydrogen) atoms. The highest BCUT2D eigenvalue weighted by molar-refractivity contribution is 9.10. The van der Waals surface area contributed by atoms with Crippen LogP contribution in [0.5, 0.6) is 17.2 Å². The lowest BCUT2D eigenvalue weighted by Crippen LogP contribution is -2.22. The number of nitrogens with zero attached hydrogens (tertiary/aromatic N) is 2. The van der Waals surface area contributed by atoms with E-state index in [0.29, 0.717) is 22.8 Å². The molecule has 0 fully saturated rings. The van der Waals surface area contributed by atoms with Crippen molar-refractivity contribution >= 4 is 21.6 Å². The Labute approximate surface area is 166 Å². The first-order valence-corrected chi connectivity index (χ1v) is 9.00. The van der Waals surface area contributed by atoms with E-state index in [1.54, 1.807) is 20.3 Å². The van der Waals surface area contributed by atoms with E-state index in [-0.39, 0.29) is 5.88 Å². The largest absolute Gasteiger partial charge is 0.496 e. The maximum absolute atomic E-state index is 9.74. The predicted octanol–water partition coefficient (Wildman–Crippen LogP) is 3.75. The van der Waals surface area contributed by atoms with Crippen LogP contribution in [-0.4, -0.2) is 28.3 Å². The van der Waals surface area contributed by atoms with Crippen molar-refractivity contribution in [1.29, 1.82) is 5.26 Å². The molecule has 1 heterocycles. The van der Waals surface area contributed by atoms with E-state index in [0.717, 1.165) is 21.3 Å². The molecule has 2 aromatic carbocycles. The first-order valence-electron chi connectivity index (χ1n) is 8.21. The molecule has 2 aromatic rings. The second-order valence-corrected chi connectivity index (χ2v) is 7.12. The number of methoxy groups -OCH3 is 2. The Hall–Kier alpha value is -2.85. The number of nitrogens with two attached hydrogens (primary N) is 1. The van der Waals surface area contributed by atoms with Gasteiger partial charge in [0, 0.05) is 43.0 Å². The molecule has 1 aliphatic heterocycles. The van der Waals surface area contributed by atoms with Crippen LogP contribution in [0.3, 0.4) is 0 Å². The van der Waals surface area contributed by atoms with Gasteiger partial charge in [0.2, 0.25) is 5.88 Å². The highest BCUT2D eigenvalue weighted by Gasteiger charge is 2.33. The summed E-state index contributed by atoms with van der Waals surface area (Å²) in [5, 5.41) is 9.74. The fourth-order valence-electron chi connectivity index (χ4n) is 3.15. The molecule has 0 saturated heterocycles. The van der Waals surface area contributed by atoms with Gasteiger partial charge in [-0.15, -0.1) is 0 Å². The normalized spacial score (nSPS) is 15.5. The molecule has 2 N–H and O–H groups in total. The van der Waals surface area contributed by atoms with Crippen molar-refractivity contribution in [2.75, 3.05) is 33.2 Å². The van der Waals surface area contributed by atoms with Gasteiger partial charge >= 0.3 is 0 Å². The van der Waals surface area contributed by atoms with Gasteiger partial charge in [0.25, 0.3) is 0 Å². The van der Waals surface area contributed by atoms with Crippen molar-refractivity contribution < 1.29 is 14.2 Å². The molecule has 0 saturated carbocycles. The average Bonchev–Trinajstić information content (AvgIpc) is 2.66. The Balaban J connectivity index is 2.26. The van der Waals surface area contributed by atoms with Gasteiger partial charge in [-0.25, -0.2) is 0 Å². The van der Waals surface area contributed by atoms with Crippen LogP contribution in [0.25, 0.3) is 0 Å². The molecule has 1 atom stereocenters. The Morgan fingerprint density at radius 3 is 2.41 bits per heavy atom. The highest BCUT2D eigenvalue weighted by Crippen LogP contribution is 2.47. The third-order valence-corrected chi connectivity index (χ3v) is 5.15. The highest BCUT2D eigenvalue weighted by atomic mass is 79.9. The molecule has 0 bridgehead atoms. The van der Waals surface area contributed by atoms with Crippen molar-refractivity contribution in [3.8, 4) is 23.3 Å². The minimum Gasteiger partial charge on any atom is -0.496 e. The summed E-state index contributed by atoms with van der Waals surface area (Å²) < 4.78 is 17.5. The lowest BCUT2D eigenvalue weighted by atomic mass is 9.83. The summed E-state index contributed by atoms with van der Waals surface area (Å²) in [6, 6.07) is 11.7. The Bertz CT molecular complexity index is 964. The Morgan fingerprint density at radius 1 is 1.11 bits per heavy atom. The Kier molecular flexibility index (Phi) is 5.19. The number of anilines is 1. The van der Waals surface area contributed by atoms with Crippen LogP contribution in [0, 0.1) is 11.3 Å². The standard InChI is InChI=1S/C20H20BrN3O3/c1-24(2)11-5-6-12-17(7-11)27-20(23)14(10-22)19(12)13-8-15(21)18(26-4)9-16(13)25-3/h5-9,19H,23H2,1-4H3. The van der Waals surface area contributed by atoms with Gasteiger partial charge in [0.15, 0.2) is 0 Å². The zero-order chi connectivity index (χ0) is 19.7. The van der Waals surface area contributed by atoms with Gasteiger partial charge in [0.05, 0.1) is 24.6 Å². The molecule has 0 spiro atoms. The third kappa shape index (κ3) is 3.28. The molecule has 0 aliphatic carbocycles. The number of allylic oxidation sites excluding steroid dienone is 1. The van der Waals surface area contributed by atoms with Gasteiger partial charge in [-0.2, -0.15) is 5.26 Å². The van der Waals surface area contributed by atoms with Crippen LogP contribution in [0.1, 0.15) is 17.0 Å². The summed E-state index contributed by atoms with van der Waals surface area (Å²) in [6.07, 6.45) is 0. The summed E-state index contributed by atoms with van der Waals surface area (Å²) in [4.78, 5) is 1.98. The monoisotopic (exact) mass is 429 g/mol. The molecule has 140 valence electrons. The minimum absolute atomic E-state index is 0.0971. The van der Waals surface area contributed by atoms with Gasteiger partial charge in [0.1, 0.15) is 28.9 Å². The van der Waals surface area contributed by atoms with Crippen molar-refractivity contribution in [3.63, 3.8) is 0 Å². The van der Waals surface area contributed by atoms with Crippen molar-refractivity contribution in [3.05, 3.63) is 57.4 Å². The first-order chi connectivity index (χ1) is 12.9. The van der Waals surface area contributed by atoms with Gasteiger partial charge in [-0.1, -0.05) is 6.07 Å². The van der Waals surface area contributed by atoms with Gasteiger partial charge in [-0.3, -0.25) is 0 Å². The number of nitriles is 1. The van der Waals surface area contributed by atoms with Crippen molar-refractivity contribution in [2.45, 2.75) is 5.92 Å². The molecular formula is C20H20BrN3O3. The fraction of sp³-hybridized carbons (Fsp3) is 0.250. The SMILES string of the molecule is COc1cc(OC)c(C2C(C#N)=C(N)Oc3cc(N(C)C)ccc32)cc1Br. The molecule has 0 aromatic heterocycles. The second kappa shape index (κ2) is 7.41. The lowest BCUT2D eigenvalue weighted by Gasteiger charge is -2.29. The molecule has 0 amide bonds. The first kappa shape index (κ1) is 18.9. The molecule has 1 aliphatic rings. The topological polar surface area (TPSA) is 80.7 Å². The van der Waals surface area contributed by atoms with Crippen LogP contribution in [0.4, 0.5) is 5.69 Å². The molecule has 0 radical (unpaired) electrons. The summed E-state index contributed by atoms with van der Waals surface area (Å²) >= 11 is 3.52. The zero-order valence-electron chi connectivity index (χ0n) is 15.5. The van der Waals surface area contributed by atoms with Crippen LogP contribution in [0.15, 0.2) is 46.3 Å². The van der Waals surface area contributed by atoms with Crippen LogP contribution in [-0.2, 0) is 0 Å². The number of hydrogen-bond donors (Lipinski definition) is 1. The van der Waals surface area contributed by atoms with E-state index in [1.165, 1.54) is 0 Å². The summed E-state index contributed by atoms with van der Waals surface area (Å²) in [5.74, 6) is 1.55. The summed E-state index contributed by atoms with van der Waals surface area (Å²) in [5.41, 5.74) is 9.05. The average molecular weight is 430 g/mol. The number of hydrogen-bond acceptors (Lipinski definition) is 6. The smallest absolute Gasteiger partial charge is 0.205 e. The maximum atomic E-state index is 9.74. The van der Waals surface area contributed by atoms with Crippen LogP contribution < -0.4 is 24.8 Å². The Morgan fingerprint density at radius 2 is 1.81 bits per heavy atom. The number of rotatable bonds is 4. The molecule has 1 unspecified atom stereocenters. The summed E-state index contributed by atoms with van der Waals surface area (Å²) in [6.45, 7) is 0. The molecule has 3 rings (SSSR count). The second-order valence-electron chi connectivity index (χ2n) is 6.27. The fourth-order valence-corrected chi connectivity index (χ4v) is 3.67. The molecule has 6 nitrogen and oxygen atoms in total. The quantitative estimate of drug-likeness (QED) is 0.796. The maximum Gasteiger partial charge on any atom is 0.205 e. The van der Waals surface area contributed by atoms with Crippen molar-refractivity contribution in [2.24, 2.45) is 5.73 Å². The zero-order valence-corrected chi connectivity index (χ0v) is 17.1. The number of halogens is 1. The number of ether oxygens (including phenoxy) is 3. The molecular weight excluding hydrogens is 410 g/mol. The minimum atomic E-state index is -0.410. The number of benzene rings is 2. The van der Waals surface area contributed by atoms with E-state index in [4.69, 9.17) is 19.9 Å². The van der Waals surface area contributed by atoms with E-state index < -0.39 is 5.92 Å². The van der Waals surface area contributed by atoms with E-state index >= 15 is 0 Å². The lowest BCUT2D eigenvalue weighted by molar-refractivity contribution is 0.380.